The van der Waals surface area contributed by atoms with Gasteiger partial charge in [0.25, 0.3) is 6.47 Å². The lowest BCUT2D eigenvalue weighted by Gasteiger charge is -2.22. The van der Waals surface area contributed by atoms with Crippen molar-refractivity contribution in [3.05, 3.63) is 47.5 Å². The van der Waals surface area contributed by atoms with Crippen LogP contribution in [-0.2, 0) is 20.9 Å². The highest BCUT2D eigenvalue weighted by molar-refractivity contribution is 5.93. The Labute approximate surface area is 215 Å². The molecule has 6 heteroatoms. The number of benzene rings is 2. The van der Waals surface area contributed by atoms with Gasteiger partial charge in [0.1, 0.15) is 5.75 Å². The summed E-state index contributed by atoms with van der Waals surface area (Å²) in [7, 11) is 0. The second-order valence-corrected chi connectivity index (χ2v) is 10.0. The third-order valence-corrected chi connectivity index (χ3v) is 7.34. The summed E-state index contributed by atoms with van der Waals surface area (Å²) >= 11 is 0. The minimum Gasteiger partial charge on any atom is -0.494 e. The van der Waals surface area contributed by atoms with Crippen molar-refractivity contribution in [1.82, 2.24) is 0 Å². The molecule has 4 rings (SSSR count). The number of hydrogen-bond acceptors (Lipinski definition) is 4. The van der Waals surface area contributed by atoms with Crippen molar-refractivity contribution < 1.29 is 24.2 Å². The molecule has 2 aromatic rings. The molecular weight excluding hydrogens is 454 g/mol. The van der Waals surface area contributed by atoms with Crippen molar-refractivity contribution >= 4 is 18.1 Å². The zero-order chi connectivity index (χ0) is 25.9. The molecule has 36 heavy (non-hydrogen) atoms. The Kier molecular flexibility index (Phi) is 10.8. The molecular formula is C30H41NO5. The average molecular weight is 496 g/mol. The van der Waals surface area contributed by atoms with Crippen LogP contribution >= 0.6 is 0 Å². The molecule has 196 valence electrons. The van der Waals surface area contributed by atoms with Gasteiger partial charge in [0.15, 0.2) is 0 Å². The fraction of sp³-hybridized carbons (Fsp3) is 0.533. The number of carboxylic acid groups (broad SMARTS) is 1. The molecule has 2 unspecified atom stereocenters. The molecule has 2 fully saturated rings. The Morgan fingerprint density at radius 1 is 1.08 bits per heavy atom. The summed E-state index contributed by atoms with van der Waals surface area (Å²) < 4.78 is 12.2. The van der Waals surface area contributed by atoms with Gasteiger partial charge in [-0.1, -0.05) is 44.4 Å². The number of rotatable bonds is 8. The first kappa shape index (κ1) is 27.7. The van der Waals surface area contributed by atoms with E-state index in [9.17, 15) is 4.79 Å². The Morgan fingerprint density at radius 3 is 2.50 bits per heavy atom. The van der Waals surface area contributed by atoms with E-state index in [-0.39, 0.29) is 18.3 Å². The normalized spacial score (nSPS) is 19.8. The second-order valence-electron chi connectivity index (χ2n) is 10.0. The maximum absolute atomic E-state index is 12.8. The highest BCUT2D eigenvalue weighted by Gasteiger charge is 2.24. The Morgan fingerprint density at radius 2 is 1.83 bits per heavy atom. The van der Waals surface area contributed by atoms with Crippen molar-refractivity contribution in [2.45, 2.75) is 84.8 Å². The summed E-state index contributed by atoms with van der Waals surface area (Å²) in [6, 6.07) is 12.5. The third kappa shape index (κ3) is 7.57. The van der Waals surface area contributed by atoms with Gasteiger partial charge in [-0.3, -0.25) is 9.59 Å². The molecule has 0 spiro atoms. The maximum Gasteiger partial charge on any atom is 0.290 e. The second kappa shape index (κ2) is 14.0. The van der Waals surface area contributed by atoms with E-state index in [1.165, 1.54) is 12.8 Å². The van der Waals surface area contributed by atoms with E-state index < -0.39 is 0 Å². The van der Waals surface area contributed by atoms with Crippen LogP contribution < -0.4 is 10.1 Å². The minimum absolute atomic E-state index is 0.142. The molecule has 2 N–H and O–H groups in total. The summed E-state index contributed by atoms with van der Waals surface area (Å²) in [6.45, 7) is 7.38. The van der Waals surface area contributed by atoms with Gasteiger partial charge >= 0.3 is 0 Å². The molecule has 2 aliphatic carbocycles. The molecule has 2 aliphatic rings. The van der Waals surface area contributed by atoms with E-state index in [0.717, 1.165) is 78.1 Å². The van der Waals surface area contributed by atoms with Gasteiger partial charge < -0.3 is 19.9 Å². The molecule has 6 nitrogen and oxygen atoms in total. The number of hydrogen-bond donors (Lipinski definition) is 2. The largest absolute Gasteiger partial charge is 0.494 e. The lowest BCUT2D eigenvalue weighted by molar-refractivity contribution is -0.123. The number of carbonyl (C=O) groups is 2. The van der Waals surface area contributed by atoms with Crippen molar-refractivity contribution in [1.29, 1.82) is 0 Å². The molecule has 0 saturated heterocycles. The van der Waals surface area contributed by atoms with Crippen LogP contribution in [0.15, 0.2) is 36.4 Å². The van der Waals surface area contributed by atoms with Crippen LogP contribution in [0.3, 0.4) is 0 Å². The smallest absolute Gasteiger partial charge is 0.290 e. The van der Waals surface area contributed by atoms with E-state index in [4.69, 9.17) is 19.4 Å². The first-order valence-corrected chi connectivity index (χ1v) is 13.3. The van der Waals surface area contributed by atoms with Crippen molar-refractivity contribution in [2.24, 2.45) is 11.8 Å². The fourth-order valence-corrected chi connectivity index (χ4v) is 5.39. The first-order valence-electron chi connectivity index (χ1n) is 13.3. The molecule has 0 radical (unpaired) electrons. The number of ether oxygens (including phenoxy) is 2. The summed E-state index contributed by atoms with van der Waals surface area (Å²) in [6.07, 6.45) is 9.40. The quantitative estimate of drug-likeness (QED) is 0.386. The minimum atomic E-state index is -0.250. The monoisotopic (exact) mass is 495 g/mol. The van der Waals surface area contributed by atoms with Gasteiger partial charge in [0.2, 0.25) is 5.91 Å². The lowest BCUT2D eigenvalue weighted by Crippen LogP contribution is -2.24. The molecule has 0 aromatic heterocycles. The number of carbonyl (C=O) groups excluding carboxylic acids is 1. The van der Waals surface area contributed by atoms with Crippen LogP contribution in [0.2, 0.25) is 0 Å². The van der Waals surface area contributed by atoms with Crippen molar-refractivity contribution in [3.8, 4) is 16.9 Å². The Bertz CT molecular complexity index is 999. The molecule has 0 heterocycles. The van der Waals surface area contributed by atoms with E-state index in [2.05, 4.69) is 43.4 Å². The van der Waals surface area contributed by atoms with E-state index >= 15 is 0 Å². The molecule has 0 bridgehead atoms. The Hall–Kier alpha value is -2.86. The predicted molar refractivity (Wildman–Crippen MR) is 143 cm³/mol. The van der Waals surface area contributed by atoms with Gasteiger partial charge in [0, 0.05) is 11.6 Å². The van der Waals surface area contributed by atoms with Crippen molar-refractivity contribution in [3.63, 3.8) is 0 Å². The van der Waals surface area contributed by atoms with Crippen LogP contribution in [0.4, 0.5) is 5.69 Å². The highest BCUT2D eigenvalue weighted by Crippen LogP contribution is 2.35. The highest BCUT2D eigenvalue weighted by atomic mass is 16.5. The van der Waals surface area contributed by atoms with Crippen molar-refractivity contribution in [2.75, 3.05) is 11.9 Å². The van der Waals surface area contributed by atoms with Gasteiger partial charge in [-0.05, 0) is 92.3 Å². The summed E-state index contributed by atoms with van der Waals surface area (Å²) in [4.78, 5) is 21.2. The van der Waals surface area contributed by atoms with Gasteiger partial charge in [0.05, 0.1) is 19.3 Å². The number of nitrogens with one attached hydrogen (secondary N) is 1. The summed E-state index contributed by atoms with van der Waals surface area (Å²) in [5.41, 5.74) is 5.42. The van der Waals surface area contributed by atoms with Crippen LogP contribution in [0.25, 0.3) is 11.1 Å². The lowest BCUT2D eigenvalue weighted by atomic mass is 9.88. The van der Waals surface area contributed by atoms with E-state index in [0.29, 0.717) is 19.3 Å². The van der Waals surface area contributed by atoms with Crippen LogP contribution in [0.5, 0.6) is 5.75 Å². The zero-order valence-corrected chi connectivity index (χ0v) is 21.9. The van der Waals surface area contributed by atoms with Gasteiger partial charge in [-0.25, -0.2) is 0 Å². The molecule has 2 saturated carbocycles. The Balaban J connectivity index is 0.00000115. The molecule has 2 aromatic carbocycles. The number of amides is 1. The van der Waals surface area contributed by atoms with Gasteiger partial charge in [-0.2, -0.15) is 0 Å². The molecule has 0 aliphatic heterocycles. The predicted octanol–water partition coefficient (Wildman–Crippen LogP) is 6.99. The van der Waals surface area contributed by atoms with Crippen LogP contribution in [0, 0.1) is 18.8 Å². The average Bonchev–Trinajstić information content (AvgIpc) is 3.30. The third-order valence-electron chi connectivity index (χ3n) is 7.34. The SMILES string of the molecule is CCOc1cccc(-c2ccc(NC(=O)C3CCCCC3)cc2COC2CCC(C)C2)c1C.O=CO. The van der Waals surface area contributed by atoms with Gasteiger partial charge in [-0.15, -0.1) is 0 Å². The summed E-state index contributed by atoms with van der Waals surface area (Å²) in [5.74, 6) is 1.96. The standard InChI is InChI=1S/C29H39NO3.CH2O2/c1-4-32-28-12-8-11-26(21(28)3)27-16-14-24(30-29(31)22-9-6-5-7-10-22)18-23(27)19-33-25-15-13-20(2)17-25;2-1-3/h8,11-12,14,16,18,20,22,25H,4-7,9-10,13,15,17,19H2,1-3H3,(H,30,31);1H,(H,2,3). The fourth-order valence-electron chi connectivity index (χ4n) is 5.39. The van der Waals surface area contributed by atoms with Crippen LogP contribution in [-0.4, -0.2) is 30.2 Å². The maximum atomic E-state index is 12.8. The zero-order valence-electron chi connectivity index (χ0n) is 21.9. The first-order chi connectivity index (χ1) is 17.5. The van der Waals surface area contributed by atoms with Crippen LogP contribution in [0.1, 0.15) is 76.3 Å². The topological polar surface area (TPSA) is 84.9 Å². The molecule has 2 atom stereocenters. The number of anilines is 1. The molecule has 1 amide bonds. The van der Waals surface area contributed by atoms with E-state index in [1.54, 1.807) is 0 Å². The van der Waals surface area contributed by atoms with E-state index in [1.807, 2.05) is 19.1 Å². The summed E-state index contributed by atoms with van der Waals surface area (Å²) in [5, 5.41) is 10.1.